The second-order valence-corrected chi connectivity index (χ2v) is 7.39. The summed E-state index contributed by atoms with van der Waals surface area (Å²) in [5.41, 5.74) is 2.70. The van der Waals surface area contributed by atoms with Crippen molar-refractivity contribution in [1.82, 2.24) is 9.97 Å². The number of aromatic nitrogens is 2. The van der Waals surface area contributed by atoms with Crippen LogP contribution in [0.4, 0.5) is 11.5 Å². The zero-order chi connectivity index (χ0) is 20.4. The van der Waals surface area contributed by atoms with E-state index in [-0.39, 0.29) is 0 Å². The van der Waals surface area contributed by atoms with E-state index in [9.17, 15) is 0 Å². The van der Waals surface area contributed by atoms with E-state index >= 15 is 0 Å². The Kier molecular flexibility index (Phi) is 5.42. The fourth-order valence-corrected chi connectivity index (χ4v) is 4.18. The lowest BCUT2D eigenvalue weighted by Crippen LogP contribution is -1.98. The molecule has 0 aliphatic heterocycles. The SMILES string of the molecule is COc1ccc(Cl)cc1Nc1ncnc2scc(-c3ccc(OC)c(OC)c3)c12. The van der Waals surface area contributed by atoms with Crippen LogP contribution >= 0.6 is 22.9 Å². The van der Waals surface area contributed by atoms with Crippen molar-refractivity contribution < 1.29 is 14.2 Å². The fourth-order valence-electron chi connectivity index (χ4n) is 3.09. The molecule has 2 heterocycles. The molecule has 148 valence electrons. The molecule has 29 heavy (non-hydrogen) atoms. The molecule has 0 unspecified atom stereocenters. The van der Waals surface area contributed by atoms with Crippen molar-refractivity contribution in [3.63, 3.8) is 0 Å². The van der Waals surface area contributed by atoms with Gasteiger partial charge in [0.2, 0.25) is 0 Å². The van der Waals surface area contributed by atoms with Crippen molar-refractivity contribution in [2.24, 2.45) is 0 Å². The van der Waals surface area contributed by atoms with Crippen molar-refractivity contribution >= 4 is 44.7 Å². The third-order valence-electron chi connectivity index (χ3n) is 4.48. The standard InChI is InChI=1S/C21H18ClN3O3S/c1-26-16-7-5-13(22)9-15(16)25-20-19-14(10-29-21(19)24-11-23-20)12-4-6-17(27-2)18(8-12)28-3/h4-11H,1-3H3,(H,23,24,25). The average molecular weight is 428 g/mol. The van der Waals surface area contributed by atoms with E-state index in [0.29, 0.717) is 28.1 Å². The molecule has 0 aliphatic rings. The minimum Gasteiger partial charge on any atom is -0.495 e. The zero-order valence-corrected chi connectivity index (χ0v) is 17.6. The lowest BCUT2D eigenvalue weighted by Gasteiger charge is -2.13. The number of ether oxygens (including phenoxy) is 3. The molecule has 2 aromatic carbocycles. The number of fused-ring (bicyclic) bond motifs is 1. The van der Waals surface area contributed by atoms with Gasteiger partial charge in [0.25, 0.3) is 0 Å². The van der Waals surface area contributed by atoms with Gasteiger partial charge in [-0.05, 0) is 35.9 Å². The first-order valence-electron chi connectivity index (χ1n) is 8.69. The maximum Gasteiger partial charge on any atom is 0.161 e. The molecule has 1 N–H and O–H groups in total. The first kappa shape index (κ1) is 19.3. The Bertz CT molecular complexity index is 1180. The quantitative estimate of drug-likeness (QED) is 0.420. The van der Waals surface area contributed by atoms with E-state index in [1.165, 1.54) is 6.33 Å². The Morgan fingerprint density at radius 3 is 2.41 bits per heavy atom. The Morgan fingerprint density at radius 2 is 1.66 bits per heavy atom. The van der Waals surface area contributed by atoms with Gasteiger partial charge in [-0.25, -0.2) is 9.97 Å². The number of hydrogen-bond donors (Lipinski definition) is 1. The van der Waals surface area contributed by atoms with Crippen LogP contribution in [0.5, 0.6) is 17.2 Å². The van der Waals surface area contributed by atoms with E-state index in [2.05, 4.69) is 20.7 Å². The van der Waals surface area contributed by atoms with Crippen LogP contribution in [0.15, 0.2) is 48.1 Å². The number of hydrogen-bond acceptors (Lipinski definition) is 7. The first-order chi connectivity index (χ1) is 14.1. The van der Waals surface area contributed by atoms with Gasteiger partial charge in [0.1, 0.15) is 22.7 Å². The summed E-state index contributed by atoms with van der Waals surface area (Å²) in [7, 11) is 4.85. The summed E-state index contributed by atoms with van der Waals surface area (Å²) in [6.07, 6.45) is 1.54. The van der Waals surface area contributed by atoms with Gasteiger partial charge in [0, 0.05) is 16.0 Å². The summed E-state index contributed by atoms with van der Waals surface area (Å²) < 4.78 is 16.3. The molecule has 0 fully saturated rings. The van der Waals surface area contributed by atoms with Gasteiger partial charge in [-0.1, -0.05) is 17.7 Å². The molecule has 0 amide bonds. The molecule has 0 saturated heterocycles. The number of rotatable bonds is 6. The lowest BCUT2D eigenvalue weighted by molar-refractivity contribution is 0.355. The summed E-state index contributed by atoms with van der Waals surface area (Å²) >= 11 is 7.72. The van der Waals surface area contributed by atoms with E-state index in [1.54, 1.807) is 44.8 Å². The van der Waals surface area contributed by atoms with Gasteiger partial charge in [-0.15, -0.1) is 11.3 Å². The summed E-state index contributed by atoms with van der Waals surface area (Å²) in [5, 5.41) is 6.91. The van der Waals surface area contributed by atoms with Crippen LogP contribution in [-0.2, 0) is 0 Å². The summed E-state index contributed by atoms with van der Waals surface area (Å²) in [5.74, 6) is 2.67. The highest BCUT2D eigenvalue weighted by Gasteiger charge is 2.16. The topological polar surface area (TPSA) is 65.5 Å². The van der Waals surface area contributed by atoms with E-state index in [0.717, 1.165) is 27.0 Å². The highest BCUT2D eigenvalue weighted by Crippen LogP contribution is 2.41. The molecule has 6 nitrogen and oxygen atoms in total. The van der Waals surface area contributed by atoms with Crippen LogP contribution in [-0.4, -0.2) is 31.3 Å². The largest absolute Gasteiger partial charge is 0.495 e. The smallest absolute Gasteiger partial charge is 0.161 e. The Morgan fingerprint density at radius 1 is 0.897 bits per heavy atom. The van der Waals surface area contributed by atoms with Gasteiger partial charge in [0.05, 0.1) is 32.4 Å². The van der Waals surface area contributed by atoms with Gasteiger partial charge >= 0.3 is 0 Å². The van der Waals surface area contributed by atoms with Crippen molar-refractivity contribution in [1.29, 1.82) is 0 Å². The number of nitrogens with zero attached hydrogens (tertiary/aromatic N) is 2. The van der Waals surface area contributed by atoms with Crippen molar-refractivity contribution in [2.45, 2.75) is 0 Å². The normalized spacial score (nSPS) is 10.8. The first-order valence-corrected chi connectivity index (χ1v) is 9.95. The molecule has 0 atom stereocenters. The number of thiophene rings is 1. The van der Waals surface area contributed by atoms with Crippen LogP contribution in [0.25, 0.3) is 21.3 Å². The number of methoxy groups -OCH3 is 3. The Hall–Kier alpha value is -3.03. The minimum absolute atomic E-state index is 0.601. The van der Waals surface area contributed by atoms with Crippen LogP contribution in [0, 0.1) is 0 Å². The van der Waals surface area contributed by atoms with Gasteiger partial charge in [-0.3, -0.25) is 0 Å². The molecule has 4 aromatic rings. The highest BCUT2D eigenvalue weighted by atomic mass is 35.5. The molecular weight excluding hydrogens is 410 g/mol. The van der Waals surface area contributed by atoms with E-state index in [1.807, 2.05) is 24.3 Å². The summed E-state index contributed by atoms with van der Waals surface area (Å²) in [4.78, 5) is 9.76. The van der Waals surface area contributed by atoms with Crippen molar-refractivity contribution in [2.75, 3.05) is 26.6 Å². The highest BCUT2D eigenvalue weighted by molar-refractivity contribution is 7.17. The number of anilines is 2. The minimum atomic E-state index is 0.601. The lowest BCUT2D eigenvalue weighted by atomic mass is 10.1. The third-order valence-corrected chi connectivity index (χ3v) is 5.60. The van der Waals surface area contributed by atoms with Gasteiger partial charge in [-0.2, -0.15) is 0 Å². The molecule has 0 radical (unpaired) electrons. The third kappa shape index (κ3) is 3.66. The number of nitrogens with one attached hydrogen (secondary N) is 1. The summed E-state index contributed by atoms with van der Waals surface area (Å²) in [6, 6.07) is 11.2. The molecule has 8 heteroatoms. The van der Waals surface area contributed by atoms with Gasteiger partial charge < -0.3 is 19.5 Å². The monoisotopic (exact) mass is 427 g/mol. The van der Waals surface area contributed by atoms with Crippen LogP contribution in [0.2, 0.25) is 5.02 Å². The molecule has 2 aromatic heterocycles. The van der Waals surface area contributed by atoms with Crippen LogP contribution in [0.3, 0.4) is 0 Å². The summed E-state index contributed by atoms with van der Waals surface area (Å²) in [6.45, 7) is 0. The van der Waals surface area contributed by atoms with Crippen molar-refractivity contribution in [3.8, 4) is 28.4 Å². The van der Waals surface area contributed by atoms with Crippen LogP contribution in [0.1, 0.15) is 0 Å². The predicted molar refractivity (Wildman–Crippen MR) is 117 cm³/mol. The molecule has 0 saturated carbocycles. The number of halogens is 1. The van der Waals surface area contributed by atoms with Crippen LogP contribution < -0.4 is 19.5 Å². The maximum absolute atomic E-state index is 6.17. The molecule has 0 spiro atoms. The van der Waals surface area contributed by atoms with Crippen molar-refractivity contribution in [3.05, 3.63) is 53.1 Å². The molecule has 0 bridgehead atoms. The van der Waals surface area contributed by atoms with Gasteiger partial charge in [0.15, 0.2) is 11.5 Å². The van der Waals surface area contributed by atoms with E-state index < -0.39 is 0 Å². The fraction of sp³-hybridized carbons (Fsp3) is 0.143. The second kappa shape index (κ2) is 8.14. The predicted octanol–water partition coefficient (Wildman–Crippen LogP) is 5.78. The molecule has 0 aliphatic carbocycles. The van der Waals surface area contributed by atoms with E-state index in [4.69, 9.17) is 25.8 Å². The maximum atomic E-state index is 6.17. The molecular formula is C21H18ClN3O3S. The number of benzene rings is 2. The second-order valence-electron chi connectivity index (χ2n) is 6.09. The average Bonchev–Trinajstić information content (AvgIpc) is 3.18. The molecule has 4 rings (SSSR count). The zero-order valence-electron chi connectivity index (χ0n) is 16.0. The Balaban J connectivity index is 1.84. The Labute approximate surface area is 177 Å².